The van der Waals surface area contributed by atoms with Crippen molar-refractivity contribution in [1.82, 2.24) is 5.32 Å². The van der Waals surface area contributed by atoms with E-state index in [0.29, 0.717) is 0 Å². The van der Waals surface area contributed by atoms with Crippen molar-refractivity contribution >= 4 is 0 Å². The number of hydrogen-bond donors (Lipinski definition) is 2. The van der Waals surface area contributed by atoms with Gasteiger partial charge in [0.2, 0.25) is 0 Å². The van der Waals surface area contributed by atoms with Crippen LogP contribution in [0.4, 0.5) is 0 Å². The van der Waals surface area contributed by atoms with E-state index in [4.69, 9.17) is 4.74 Å². The Hall–Kier alpha value is -1.84. The van der Waals surface area contributed by atoms with Crippen LogP contribution in [0.3, 0.4) is 0 Å². The molecule has 0 bridgehead atoms. The summed E-state index contributed by atoms with van der Waals surface area (Å²) >= 11 is 0. The summed E-state index contributed by atoms with van der Waals surface area (Å²) < 4.78 is 5.16. The Morgan fingerprint density at radius 3 is 2.30 bits per heavy atom. The van der Waals surface area contributed by atoms with Crippen molar-refractivity contribution in [2.45, 2.75) is 26.1 Å². The van der Waals surface area contributed by atoms with Crippen molar-refractivity contribution in [1.29, 1.82) is 0 Å². The first kappa shape index (κ1) is 14.6. The third kappa shape index (κ3) is 3.59. The zero-order valence-electron chi connectivity index (χ0n) is 12.0. The molecule has 0 radical (unpaired) electrons. The van der Waals surface area contributed by atoms with Crippen LogP contribution in [0, 0.1) is 0 Å². The number of aliphatic hydroxyl groups excluding tert-OH is 1. The smallest absolute Gasteiger partial charge is 0.118 e. The second-order valence-electron chi connectivity index (χ2n) is 4.80. The molecule has 1 atom stereocenters. The topological polar surface area (TPSA) is 41.5 Å². The molecule has 0 fully saturated rings. The number of nitrogens with one attached hydrogen (secondary N) is 1. The van der Waals surface area contributed by atoms with E-state index in [1.165, 1.54) is 5.56 Å². The summed E-state index contributed by atoms with van der Waals surface area (Å²) in [7, 11) is 1.67. The molecule has 2 N–H and O–H groups in total. The molecule has 0 amide bonds. The van der Waals surface area contributed by atoms with Gasteiger partial charge in [0.1, 0.15) is 5.75 Å². The van der Waals surface area contributed by atoms with E-state index in [0.717, 1.165) is 23.4 Å². The quantitative estimate of drug-likeness (QED) is 0.848. The normalized spacial score (nSPS) is 12.2. The van der Waals surface area contributed by atoms with Gasteiger partial charge >= 0.3 is 0 Å². The summed E-state index contributed by atoms with van der Waals surface area (Å²) in [5.74, 6) is 0.867. The van der Waals surface area contributed by atoms with Gasteiger partial charge in [-0.25, -0.2) is 0 Å². The second-order valence-corrected chi connectivity index (χ2v) is 4.80. The molecule has 0 saturated carbocycles. The largest absolute Gasteiger partial charge is 0.497 e. The van der Waals surface area contributed by atoms with Gasteiger partial charge in [0.15, 0.2) is 0 Å². The Balaban J connectivity index is 1.98. The third-order valence-corrected chi connectivity index (χ3v) is 3.50. The first-order valence-corrected chi connectivity index (χ1v) is 6.79. The predicted octanol–water partition coefficient (Wildman–Crippen LogP) is 3.04. The van der Waals surface area contributed by atoms with Gasteiger partial charge in [0.25, 0.3) is 0 Å². The molecule has 1 unspecified atom stereocenters. The molecule has 0 aliphatic rings. The van der Waals surface area contributed by atoms with Gasteiger partial charge < -0.3 is 15.2 Å². The summed E-state index contributed by atoms with van der Waals surface area (Å²) in [6.45, 7) is 2.95. The third-order valence-electron chi connectivity index (χ3n) is 3.50. The lowest BCUT2D eigenvalue weighted by molar-refractivity contribution is 0.280. The van der Waals surface area contributed by atoms with Crippen molar-refractivity contribution in [3.8, 4) is 5.75 Å². The Kier molecular flexibility index (Phi) is 5.16. The van der Waals surface area contributed by atoms with E-state index in [9.17, 15) is 5.11 Å². The fourth-order valence-electron chi connectivity index (χ4n) is 2.16. The Labute approximate surface area is 120 Å². The lowest BCUT2D eigenvalue weighted by Gasteiger charge is -2.16. The molecule has 3 nitrogen and oxygen atoms in total. The highest BCUT2D eigenvalue weighted by atomic mass is 16.5. The van der Waals surface area contributed by atoms with Crippen LogP contribution in [0.5, 0.6) is 5.75 Å². The average Bonchev–Trinajstić information content (AvgIpc) is 2.53. The number of methoxy groups -OCH3 is 1. The minimum Gasteiger partial charge on any atom is -0.497 e. The van der Waals surface area contributed by atoms with E-state index in [2.05, 4.69) is 24.4 Å². The predicted molar refractivity (Wildman–Crippen MR) is 80.6 cm³/mol. The van der Waals surface area contributed by atoms with Gasteiger partial charge in [-0.05, 0) is 35.7 Å². The van der Waals surface area contributed by atoms with Crippen LogP contribution in [0.25, 0.3) is 0 Å². The van der Waals surface area contributed by atoms with Crippen molar-refractivity contribution in [2.24, 2.45) is 0 Å². The molecule has 0 spiro atoms. The first-order valence-electron chi connectivity index (χ1n) is 6.79. The van der Waals surface area contributed by atoms with Crippen LogP contribution in [-0.4, -0.2) is 12.2 Å². The molecular formula is C17H21NO2. The fraction of sp³-hybridized carbons (Fsp3) is 0.294. The molecule has 0 aliphatic carbocycles. The molecule has 0 saturated heterocycles. The maximum atomic E-state index is 9.32. The molecule has 2 aromatic carbocycles. The van der Waals surface area contributed by atoms with E-state index in [1.807, 2.05) is 36.4 Å². The van der Waals surface area contributed by atoms with Gasteiger partial charge in [0.05, 0.1) is 13.7 Å². The fourth-order valence-corrected chi connectivity index (χ4v) is 2.16. The van der Waals surface area contributed by atoms with E-state index in [-0.39, 0.29) is 12.6 Å². The van der Waals surface area contributed by atoms with E-state index in [1.54, 1.807) is 7.11 Å². The molecule has 0 heterocycles. The SMILES string of the molecule is COc1ccc(C(C)NCc2ccccc2CO)cc1. The molecule has 20 heavy (non-hydrogen) atoms. The van der Waals surface area contributed by atoms with Crippen molar-refractivity contribution in [2.75, 3.05) is 7.11 Å². The summed E-state index contributed by atoms with van der Waals surface area (Å²) in [5.41, 5.74) is 3.32. The summed E-state index contributed by atoms with van der Waals surface area (Å²) in [4.78, 5) is 0. The first-order chi connectivity index (χ1) is 9.74. The van der Waals surface area contributed by atoms with E-state index >= 15 is 0 Å². The van der Waals surface area contributed by atoms with E-state index < -0.39 is 0 Å². The number of rotatable bonds is 6. The molecule has 2 rings (SSSR count). The van der Waals surface area contributed by atoms with Crippen LogP contribution in [0.15, 0.2) is 48.5 Å². The van der Waals surface area contributed by atoms with Gasteiger partial charge in [-0.15, -0.1) is 0 Å². The van der Waals surface area contributed by atoms with Crippen LogP contribution < -0.4 is 10.1 Å². The van der Waals surface area contributed by atoms with Crippen LogP contribution in [0.1, 0.15) is 29.7 Å². The molecule has 0 aromatic heterocycles. The van der Waals surface area contributed by atoms with Crippen LogP contribution in [-0.2, 0) is 13.2 Å². The molecular weight excluding hydrogens is 250 g/mol. The maximum Gasteiger partial charge on any atom is 0.118 e. The summed E-state index contributed by atoms with van der Waals surface area (Å²) in [6, 6.07) is 16.2. The molecule has 106 valence electrons. The second kappa shape index (κ2) is 7.08. The lowest BCUT2D eigenvalue weighted by atomic mass is 10.1. The highest BCUT2D eigenvalue weighted by molar-refractivity contribution is 5.30. The van der Waals surface area contributed by atoms with Gasteiger partial charge in [-0.1, -0.05) is 36.4 Å². The molecule has 2 aromatic rings. The van der Waals surface area contributed by atoms with Crippen LogP contribution in [0.2, 0.25) is 0 Å². The summed E-state index contributed by atoms with van der Waals surface area (Å²) in [5, 5.41) is 12.8. The molecule has 3 heteroatoms. The zero-order chi connectivity index (χ0) is 14.4. The van der Waals surface area contributed by atoms with Crippen molar-refractivity contribution in [3.63, 3.8) is 0 Å². The Morgan fingerprint density at radius 2 is 1.70 bits per heavy atom. The minimum absolute atomic E-state index is 0.0781. The number of benzene rings is 2. The number of ether oxygens (including phenoxy) is 1. The van der Waals surface area contributed by atoms with Crippen molar-refractivity contribution < 1.29 is 9.84 Å². The standard InChI is InChI=1S/C17H21NO2/c1-13(14-7-9-17(20-2)10-8-14)18-11-15-5-3-4-6-16(15)12-19/h3-10,13,18-19H,11-12H2,1-2H3. The van der Waals surface area contributed by atoms with Gasteiger partial charge in [0, 0.05) is 12.6 Å². The Bertz CT molecular complexity index is 537. The summed E-state index contributed by atoms with van der Waals surface area (Å²) in [6.07, 6.45) is 0. The van der Waals surface area contributed by atoms with Crippen molar-refractivity contribution in [3.05, 3.63) is 65.2 Å². The monoisotopic (exact) mass is 271 g/mol. The zero-order valence-corrected chi connectivity index (χ0v) is 12.0. The number of aliphatic hydroxyl groups is 1. The number of hydrogen-bond acceptors (Lipinski definition) is 3. The minimum atomic E-state index is 0.0781. The van der Waals surface area contributed by atoms with Crippen LogP contribution >= 0.6 is 0 Å². The van der Waals surface area contributed by atoms with Gasteiger partial charge in [-0.3, -0.25) is 0 Å². The lowest BCUT2D eigenvalue weighted by Crippen LogP contribution is -2.18. The maximum absolute atomic E-state index is 9.32. The van der Waals surface area contributed by atoms with Gasteiger partial charge in [-0.2, -0.15) is 0 Å². The average molecular weight is 271 g/mol. The Morgan fingerprint density at radius 1 is 1.05 bits per heavy atom. The molecule has 0 aliphatic heterocycles. The highest BCUT2D eigenvalue weighted by Gasteiger charge is 2.06. The highest BCUT2D eigenvalue weighted by Crippen LogP contribution is 2.18.